The molecule has 0 spiro atoms. The quantitative estimate of drug-likeness (QED) is 0.367. The van der Waals surface area contributed by atoms with Gasteiger partial charge >= 0.3 is 0 Å². The topological polar surface area (TPSA) is 92.6 Å². The van der Waals surface area contributed by atoms with Gasteiger partial charge in [-0.2, -0.15) is 0 Å². The molecule has 1 fully saturated rings. The Hall–Kier alpha value is -1.25. The molecule has 1 saturated carbocycles. The van der Waals surface area contributed by atoms with Crippen LogP contribution in [0.1, 0.15) is 55.8 Å². The molecule has 1 aliphatic rings. The van der Waals surface area contributed by atoms with Crippen molar-refractivity contribution in [2.45, 2.75) is 52.1 Å². The molecular weight excluding hydrogens is 419 g/mol. The van der Waals surface area contributed by atoms with E-state index in [1.165, 1.54) is 25.7 Å². The van der Waals surface area contributed by atoms with Gasteiger partial charge in [-0.3, -0.25) is 9.79 Å². The molecule has 1 amide bonds. The molecule has 1 aromatic rings. The van der Waals surface area contributed by atoms with Crippen LogP contribution in [0.3, 0.4) is 0 Å². The predicted molar refractivity (Wildman–Crippen MR) is 107 cm³/mol. The van der Waals surface area contributed by atoms with Gasteiger partial charge in [0.05, 0.1) is 6.54 Å². The number of hydrogen-bond donors (Lipinski definition) is 3. The largest absolute Gasteiger partial charge is 0.454 e. The average molecular weight is 448 g/mol. The molecule has 2 unspecified atom stereocenters. The standard InChI is InChI=1S/C17H28N4O2.HI/c1-11(2)12-5-4-6-13(9-12)21-17(19-3)20-10-14-7-8-15(23-14)16(18)22;/h7-8,11-13H,4-6,9-10H2,1-3H3,(H2,18,22)(H2,19,20,21);1H. The first-order valence-corrected chi connectivity index (χ1v) is 8.35. The van der Waals surface area contributed by atoms with E-state index < -0.39 is 5.91 Å². The van der Waals surface area contributed by atoms with Gasteiger partial charge in [0.1, 0.15) is 5.76 Å². The third-order valence-corrected chi connectivity index (χ3v) is 4.56. The summed E-state index contributed by atoms with van der Waals surface area (Å²) in [4.78, 5) is 15.3. The Balaban J connectivity index is 0.00000288. The molecule has 2 rings (SSSR count). The van der Waals surface area contributed by atoms with Crippen molar-refractivity contribution in [3.63, 3.8) is 0 Å². The number of rotatable bonds is 5. The van der Waals surface area contributed by atoms with E-state index in [1.54, 1.807) is 19.2 Å². The first-order valence-electron chi connectivity index (χ1n) is 8.35. The fourth-order valence-electron chi connectivity index (χ4n) is 3.13. The molecule has 7 heteroatoms. The SMILES string of the molecule is CN=C(NCc1ccc(C(N)=O)o1)NC1CCCC(C(C)C)C1.I. The second kappa shape index (κ2) is 9.90. The average Bonchev–Trinajstić information content (AvgIpc) is 3.01. The molecule has 2 atom stereocenters. The van der Waals surface area contributed by atoms with Gasteiger partial charge in [-0.25, -0.2) is 0 Å². The zero-order chi connectivity index (χ0) is 16.8. The highest BCUT2D eigenvalue weighted by atomic mass is 127. The number of hydrogen-bond acceptors (Lipinski definition) is 3. The van der Waals surface area contributed by atoms with Gasteiger partial charge in [-0.1, -0.05) is 26.7 Å². The van der Waals surface area contributed by atoms with Crippen LogP contribution in [0.4, 0.5) is 0 Å². The number of nitrogens with zero attached hydrogens (tertiary/aromatic N) is 1. The number of primary amides is 1. The minimum absolute atomic E-state index is 0. The van der Waals surface area contributed by atoms with Crippen LogP contribution in [0.5, 0.6) is 0 Å². The lowest BCUT2D eigenvalue weighted by Gasteiger charge is -2.32. The number of furan rings is 1. The van der Waals surface area contributed by atoms with Crippen molar-refractivity contribution in [1.29, 1.82) is 0 Å². The van der Waals surface area contributed by atoms with E-state index in [-0.39, 0.29) is 29.7 Å². The van der Waals surface area contributed by atoms with E-state index in [0.29, 0.717) is 18.3 Å². The van der Waals surface area contributed by atoms with E-state index >= 15 is 0 Å². The molecule has 6 nitrogen and oxygen atoms in total. The highest BCUT2D eigenvalue weighted by molar-refractivity contribution is 14.0. The van der Waals surface area contributed by atoms with E-state index in [2.05, 4.69) is 29.5 Å². The molecule has 0 radical (unpaired) electrons. The van der Waals surface area contributed by atoms with Crippen molar-refractivity contribution < 1.29 is 9.21 Å². The highest BCUT2D eigenvalue weighted by Crippen LogP contribution is 2.29. The Bertz CT molecular complexity index is 557. The molecule has 1 heterocycles. The molecular formula is C17H29IN4O2. The van der Waals surface area contributed by atoms with Crippen molar-refractivity contribution in [1.82, 2.24) is 10.6 Å². The first-order chi connectivity index (χ1) is 11.0. The van der Waals surface area contributed by atoms with E-state index in [4.69, 9.17) is 10.2 Å². The fraction of sp³-hybridized carbons (Fsp3) is 0.647. The predicted octanol–water partition coefficient (Wildman–Crippen LogP) is 2.88. The normalized spacial score (nSPS) is 21.2. The number of aliphatic imine (C=N–C) groups is 1. The van der Waals surface area contributed by atoms with Crippen LogP contribution in [-0.4, -0.2) is 25.0 Å². The number of halogens is 1. The molecule has 136 valence electrons. The Morgan fingerprint density at radius 1 is 1.42 bits per heavy atom. The number of carbonyl (C=O) groups excluding carboxylic acids is 1. The Morgan fingerprint density at radius 2 is 2.17 bits per heavy atom. The van der Waals surface area contributed by atoms with Crippen LogP contribution in [-0.2, 0) is 6.54 Å². The third-order valence-electron chi connectivity index (χ3n) is 4.56. The Morgan fingerprint density at radius 3 is 2.75 bits per heavy atom. The summed E-state index contributed by atoms with van der Waals surface area (Å²) >= 11 is 0. The molecule has 0 saturated heterocycles. The number of nitrogens with two attached hydrogens (primary N) is 1. The van der Waals surface area contributed by atoms with Crippen LogP contribution in [0.2, 0.25) is 0 Å². The smallest absolute Gasteiger partial charge is 0.284 e. The zero-order valence-electron chi connectivity index (χ0n) is 14.7. The van der Waals surface area contributed by atoms with Crippen LogP contribution in [0.15, 0.2) is 21.5 Å². The summed E-state index contributed by atoms with van der Waals surface area (Å²) in [6.45, 7) is 5.06. The monoisotopic (exact) mass is 448 g/mol. The van der Waals surface area contributed by atoms with Crippen LogP contribution in [0, 0.1) is 11.8 Å². The summed E-state index contributed by atoms with van der Waals surface area (Å²) in [6.07, 6.45) is 4.95. The van der Waals surface area contributed by atoms with E-state index in [9.17, 15) is 4.79 Å². The van der Waals surface area contributed by atoms with Crippen molar-refractivity contribution in [3.05, 3.63) is 23.7 Å². The lowest BCUT2D eigenvalue weighted by atomic mass is 9.79. The minimum atomic E-state index is -0.555. The van der Waals surface area contributed by atoms with E-state index in [1.807, 2.05) is 0 Å². The number of nitrogens with one attached hydrogen (secondary N) is 2. The van der Waals surface area contributed by atoms with Gasteiger partial charge in [0.15, 0.2) is 11.7 Å². The van der Waals surface area contributed by atoms with Crippen molar-refractivity contribution in [2.75, 3.05) is 7.05 Å². The third kappa shape index (κ3) is 5.99. The van der Waals surface area contributed by atoms with Gasteiger partial charge in [0.2, 0.25) is 0 Å². The molecule has 24 heavy (non-hydrogen) atoms. The van der Waals surface area contributed by atoms with Crippen LogP contribution >= 0.6 is 24.0 Å². The lowest BCUT2D eigenvalue weighted by Crippen LogP contribution is -2.45. The van der Waals surface area contributed by atoms with Crippen LogP contribution < -0.4 is 16.4 Å². The maximum atomic E-state index is 11.0. The van der Waals surface area contributed by atoms with Gasteiger partial charge < -0.3 is 20.8 Å². The maximum absolute atomic E-state index is 11.0. The Labute approximate surface area is 161 Å². The number of guanidine groups is 1. The lowest BCUT2D eigenvalue weighted by molar-refractivity contribution is 0.0972. The van der Waals surface area contributed by atoms with Crippen molar-refractivity contribution >= 4 is 35.8 Å². The van der Waals surface area contributed by atoms with E-state index in [0.717, 1.165) is 17.8 Å². The molecule has 0 aliphatic heterocycles. The highest BCUT2D eigenvalue weighted by Gasteiger charge is 2.24. The summed E-state index contributed by atoms with van der Waals surface area (Å²) in [5.74, 6) is 2.55. The van der Waals surface area contributed by atoms with Gasteiger partial charge in [0.25, 0.3) is 5.91 Å². The molecule has 1 aliphatic carbocycles. The van der Waals surface area contributed by atoms with Crippen molar-refractivity contribution in [3.8, 4) is 0 Å². The summed E-state index contributed by atoms with van der Waals surface area (Å²) in [7, 11) is 1.76. The summed E-state index contributed by atoms with van der Waals surface area (Å²) < 4.78 is 5.36. The van der Waals surface area contributed by atoms with Gasteiger partial charge in [0, 0.05) is 13.1 Å². The zero-order valence-corrected chi connectivity index (χ0v) is 17.0. The molecule has 0 bridgehead atoms. The van der Waals surface area contributed by atoms with Gasteiger partial charge in [-0.15, -0.1) is 24.0 Å². The number of amides is 1. The second-order valence-corrected chi connectivity index (χ2v) is 6.57. The molecule has 0 aromatic carbocycles. The molecule has 4 N–H and O–H groups in total. The van der Waals surface area contributed by atoms with Gasteiger partial charge in [-0.05, 0) is 36.8 Å². The van der Waals surface area contributed by atoms with Crippen LogP contribution in [0.25, 0.3) is 0 Å². The minimum Gasteiger partial charge on any atom is -0.454 e. The summed E-state index contributed by atoms with van der Waals surface area (Å²) in [5, 5.41) is 6.72. The second-order valence-electron chi connectivity index (χ2n) is 6.57. The fourth-order valence-corrected chi connectivity index (χ4v) is 3.13. The maximum Gasteiger partial charge on any atom is 0.284 e. The summed E-state index contributed by atoms with van der Waals surface area (Å²) in [6, 6.07) is 3.79. The van der Waals surface area contributed by atoms with Crippen molar-refractivity contribution in [2.24, 2.45) is 22.6 Å². The first kappa shape index (κ1) is 20.8. The molecule has 1 aromatic heterocycles. The summed E-state index contributed by atoms with van der Waals surface area (Å²) in [5.41, 5.74) is 5.18. The number of carbonyl (C=O) groups is 1. The Kier molecular flexibility index (Phi) is 8.58.